The van der Waals surface area contributed by atoms with Crippen LogP contribution in [0.25, 0.3) is 0 Å². The van der Waals surface area contributed by atoms with Crippen LogP contribution in [0.4, 0.5) is 0 Å². The molecule has 0 aliphatic rings. The normalized spacial score (nSPS) is 10.1. The van der Waals surface area contributed by atoms with E-state index in [1.807, 2.05) is 0 Å². The largest absolute Gasteiger partial charge is 0.394 e. The Balaban J connectivity index is 0. The zero-order chi connectivity index (χ0) is 8.62. The summed E-state index contributed by atoms with van der Waals surface area (Å²) in [6.07, 6.45) is 2.86. The molecule has 10 heavy (non-hydrogen) atoms. The SMILES string of the molecule is CCC[CH2][K].O=S(=O)(O)O. The van der Waals surface area contributed by atoms with Crippen LogP contribution in [0, 0.1) is 0 Å². The summed E-state index contributed by atoms with van der Waals surface area (Å²) in [6.45, 7) is 2.24. The maximum absolute atomic E-state index is 8.74. The van der Waals surface area contributed by atoms with Gasteiger partial charge in [-0.05, 0) is 0 Å². The fourth-order valence-electron chi connectivity index (χ4n) is 0.354. The van der Waals surface area contributed by atoms with Crippen LogP contribution in [0.1, 0.15) is 19.8 Å². The number of hydrogen-bond donors (Lipinski definition) is 2. The molecule has 0 fully saturated rings. The van der Waals surface area contributed by atoms with Gasteiger partial charge in [-0.1, -0.05) is 0 Å². The summed E-state index contributed by atoms with van der Waals surface area (Å²) in [5.41, 5.74) is 0. The molecule has 0 radical (unpaired) electrons. The Kier molecular flexibility index (Phi) is 12.1. The van der Waals surface area contributed by atoms with Gasteiger partial charge >= 0.3 is 79.6 Å². The van der Waals surface area contributed by atoms with Gasteiger partial charge in [0, 0.05) is 0 Å². The molecule has 0 spiro atoms. The molecule has 0 aliphatic heterocycles. The second kappa shape index (κ2) is 8.60. The topological polar surface area (TPSA) is 74.6 Å². The van der Waals surface area contributed by atoms with Crippen LogP contribution < -0.4 is 0 Å². The zero-order valence-corrected chi connectivity index (χ0v) is 10.2. The molecule has 58 valence electrons. The van der Waals surface area contributed by atoms with E-state index >= 15 is 0 Å². The Labute approximate surface area is 95.6 Å². The summed E-state index contributed by atoms with van der Waals surface area (Å²) >= 11 is 1.11. The van der Waals surface area contributed by atoms with Crippen molar-refractivity contribution in [1.82, 2.24) is 0 Å². The summed E-state index contributed by atoms with van der Waals surface area (Å²) in [7, 11) is -4.67. The average Bonchev–Trinajstić information content (AvgIpc) is 1.63. The van der Waals surface area contributed by atoms with E-state index in [4.69, 9.17) is 17.5 Å². The predicted octanol–water partition coefficient (Wildman–Crippen LogP) is 0.720. The van der Waals surface area contributed by atoms with Gasteiger partial charge in [-0.3, -0.25) is 9.11 Å². The molecule has 0 bridgehead atoms. The summed E-state index contributed by atoms with van der Waals surface area (Å²) in [5.74, 6) is 0. The molecule has 0 aromatic heterocycles. The number of unbranched alkanes of at least 4 members (excludes halogenated alkanes) is 1. The van der Waals surface area contributed by atoms with Gasteiger partial charge in [-0.15, -0.1) is 0 Å². The third-order valence-corrected chi connectivity index (χ3v) is 1.81. The van der Waals surface area contributed by atoms with Gasteiger partial charge in [0.2, 0.25) is 0 Å². The fraction of sp³-hybridized carbons (Fsp3) is 1.00. The van der Waals surface area contributed by atoms with Gasteiger partial charge in [-0.25, -0.2) is 0 Å². The van der Waals surface area contributed by atoms with E-state index in [-0.39, 0.29) is 0 Å². The Hall–Kier alpha value is 1.51. The van der Waals surface area contributed by atoms with Crippen molar-refractivity contribution in [2.45, 2.75) is 20.3 Å². The Morgan fingerprint density at radius 2 is 1.70 bits per heavy atom. The summed E-state index contributed by atoms with van der Waals surface area (Å²) in [5, 5.41) is 0. The minimum absolute atomic E-state index is 1.11. The summed E-state index contributed by atoms with van der Waals surface area (Å²) < 4.78 is 33.1. The first-order chi connectivity index (χ1) is 4.41. The Morgan fingerprint density at radius 3 is 1.70 bits per heavy atom. The average molecular weight is 194 g/mol. The second-order valence-electron chi connectivity index (χ2n) is 1.80. The van der Waals surface area contributed by atoms with Crippen molar-refractivity contribution in [3.63, 3.8) is 0 Å². The maximum Gasteiger partial charge on any atom is 0.394 e. The van der Waals surface area contributed by atoms with Crippen molar-refractivity contribution in [3.05, 3.63) is 0 Å². The predicted molar refractivity (Wildman–Crippen MR) is 39.6 cm³/mol. The molecule has 0 rings (SSSR count). The van der Waals surface area contributed by atoms with Crippen molar-refractivity contribution in [2.24, 2.45) is 0 Å². The van der Waals surface area contributed by atoms with Crippen molar-refractivity contribution >= 4 is 59.4 Å². The van der Waals surface area contributed by atoms with E-state index in [1.165, 1.54) is 13.4 Å². The van der Waals surface area contributed by atoms with Crippen LogP contribution in [-0.2, 0) is 10.4 Å². The van der Waals surface area contributed by atoms with E-state index in [1.54, 1.807) is 0 Å². The Morgan fingerprint density at radius 1 is 1.40 bits per heavy atom. The first-order valence-corrected chi connectivity index (χ1v) is 6.72. The molecular weight excluding hydrogens is 183 g/mol. The van der Waals surface area contributed by atoms with Crippen molar-refractivity contribution in [3.8, 4) is 0 Å². The zero-order valence-electron chi connectivity index (χ0n) is 6.24. The summed E-state index contributed by atoms with van der Waals surface area (Å²) in [4.78, 5) is 0. The molecule has 0 heterocycles. The number of hydrogen-bond acceptors (Lipinski definition) is 2. The molecule has 6 heteroatoms. The first kappa shape index (κ1) is 14.1. The minimum Gasteiger partial charge on any atom is -0.264 e. The van der Waals surface area contributed by atoms with E-state index < -0.39 is 10.4 Å². The monoisotopic (exact) mass is 194 g/mol. The van der Waals surface area contributed by atoms with Crippen LogP contribution in [0.15, 0.2) is 0 Å². The van der Waals surface area contributed by atoms with Gasteiger partial charge in [0.25, 0.3) is 0 Å². The summed E-state index contributed by atoms with van der Waals surface area (Å²) in [6, 6.07) is 0. The van der Waals surface area contributed by atoms with Crippen LogP contribution in [0.3, 0.4) is 0 Å². The van der Waals surface area contributed by atoms with Crippen LogP contribution >= 0.6 is 0 Å². The van der Waals surface area contributed by atoms with Gasteiger partial charge in [-0.2, -0.15) is 8.42 Å². The molecule has 2 N–H and O–H groups in total. The second-order valence-corrected chi connectivity index (χ2v) is 4.26. The van der Waals surface area contributed by atoms with Crippen LogP contribution in [-0.4, -0.2) is 66.5 Å². The molecule has 0 amide bonds. The van der Waals surface area contributed by atoms with Crippen LogP contribution in [0.5, 0.6) is 0 Å². The quantitative estimate of drug-likeness (QED) is 0.502. The fourth-order valence-corrected chi connectivity index (χ4v) is 1.46. The molecule has 0 unspecified atom stereocenters. The minimum atomic E-state index is -4.67. The molecule has 0 saturated carbocycles. The van der Waals surface area contributed by atoms with Gasteiger partial charge in [0.15, 0.2) is 0 Å². The van der Waals surface area contributed by atoms with Gasteiger partial charge in [0.05, 0.1) is 0 Å². The first-order valence-electron chi connectivity index (χ1n) is 3.11. The molecule has 0 aromatic carbocycles. The van der Waals surface area contributed by atoms with E-state index in [9.17, 15) is 0 Å². The maximum atomic E-state index is 8.74. The van der Waals surface area contributed by atoms with E-state index in [0.717, 1.165) is 49.0 Å². The van der Waals surface area contributed by atoms with Crippen molar-refractivity contribution in [2.75, 3.05) is 0 Å². The Bertz CT molecular complexity index is 131. The third kappa shape index (κ3) is 55.9. The number of rotatable bonds is 2. The van der Waals surface area contributed by atoms with E-state index in [0.29, 0.717) is 0 Å². The third-order valence-electron chi connectivity index (χ3n) is 0.707. The van der Waals surface area contributed by atoms with Crippen molar-refractivity contribution in [1.29, 1.82) is 0 Å². The van der Waals surface area contributed by atoms with Crippen molar-refractivity contribution < 1.29 is 17.5 Å². The molecule has 0 saturated heterocycles. The molecule has 4 nitrogen and oxygen atoms in total. The van der Waals surface area contributed by atoms with E-state index in [2.05, 4.69) is 6.92 Å². The van der Waals surface area contributed by atoms with Gasteiger partial charge in [0.1, 0.15) is 0 Å². The smallest absolute Gasteiger partial charge is 0.264 e. The molecule has 0 aliphatic carbocycles. The standard InChI is InChI=1S/C4H9.K.H2O4S/c1-3-4-2;;1-5(2,3)4/h1,3-4H2,2H3;;(H2,1,2,3,4). The molecule has 0 atom stereocenters. The molecular formula is C4H11KO4S. The molecule has 0 aromatic rings. The van der Waals surface area contributed by atoms with Gasteiger partial charge < -0.3 is 0 Å². The van der Waals surface area contributed by atoms with Crippen LogP contribution in [0.2, 0.25) is 0.515 Å².